The lowest BCUT2D eigenvalue weighted by atomic mass is 9.64. The summed E-state index contributed by atoms with van der Waals surface area (Å²) in [6, 6.07) is 10.4. The van der Waals surface area contributed by atoms with Gasteiger partial charge in [-0.1, -0.05) is 30.3 Å². The van der Waals surface area contributed by atoms with Crippen molar-refractivity contribution in [3.8, 4) is 16.9 Å². The molecule has 28 heavy (non-hydrogen) atoms. The Morgan fingerprint density at radius 2 is 1.64 bits per heavy atom. The Labute approximate surface area is 158 Å². The maximum atomic E-state index is 13.2. The van der Waals surface area contributed by atoms with Crippen molar-refractivity contribution >= 4 is 0 Å². The molecule has 0 aliphatic heterocycles. The van der Waals surface area contributed by atoms with Gasteiger partial charge in [-0.3, -0.25) is 0 Å². The van der Waals surface area contributed by atoms with E-state index in [0.717, 1.165) is 6.07 Å². The van der Waals surface area contributed by atoms with Crippen LogP contribution in [-0.4, -0.2) is 56.2 Å². The van der Waals surface area contributed by atoms with Crippen molar-refractivity contribution in [1.82, 2.24) is 0 Å². The Morgan fingerprint density at radius 1 is 1.04 bits per heavy atom. The maximum absolute atomic E-state index is 13.2. The van der Waals surface area contributed by atoms with Crippen LogP contribution < -0.4 is 4.74 Å². The standard InChI is InChI=1S/C19H19F3O6/c20-19(21,22)13-4-2-1-3-12(13)10-5-7-11(8-6-10)28-17(26)18(27)14(9-23)15(24)16(18)25/h1-8,14-17,23-27H,9H2. The van der Waals surface area contributed by atoms with Crippen molar-refractivity contribution in [3.05, 3.63) is 54.1 Å². The lowest BCUT2D eigenvalue weighted by Crippen LogP contribution is -2.76. The first-order chi connectivity index (χ1) is 13.1. The normalized spacial score (nSPS) is 28.5. The van der Waals surface area contributed by atoms with Crippen molar-refractivity contribution in [2.45, 2.75) is 30.3 Å². The highest BCUT2D eigenvalue weighted by molar-refractivity contribution is 5.68. The summed E-state index contributed by atoms with van der Waals surface area (Å²) < 4.78 is 44.6. The van der Waals surface area contributed by atoms with Crippen LogP contribution in [0.3, 0.4) is 0 Å². The summed E-state index contributed by atoms with van der Waals surface area (Å²) in [7, 11) is 0. The summed E-state index contributed by atoms with van der Waals surface area (Å²) >= 11 is 0. The van der Waals surface area contributed by atoms with E-state index >= 15 is 0 Å². The summed E-state index contributed by atoms with van der Waals surface area (Å²) in [4.78, 5) is 0. The number of benzene rings is 2. The molecular weight excluding hydrogens is 381 g/mol. The molecule has 6 nitrogen and oxygen atoms in total. The van der Waals surface area contributed by atoms with Gasteiger partial charge in [0.15, 0.2) is 5.60 Å². The first-order valence-corrected chi connectivity index (χ1v) is 8.41. The Morgan fingerprint density at radius 3 is 2.21 bits per heavy atom. The molecule has 0 bridgehead atoms. The zero-order chi connectivity index (χ0) is 20.7. The fourth-order valence-electron chi connectivity index (χ4n) is 3.37. The molecule has 0 saturated heterocycles. The molecule has 3 rings (SSSR count). The van der Waals surface area contributed by atoms with Gasteiger partial charge in [0.05, 0.1) is 18.3 Å². The van der Waals surface area contributed by atoms with Crippen molar-refractivity contribution < 1.29 is 43.4 Å². The van der Waals surface area contributed by atoms with E-state index in [9.17, 15) is 38.7 Å². The molecule has 1 saturated carbocycles. The van der Waals surface area contributed by atoms with Gasteiger partial charge in [-0.25, -0.2) is 0 Å². The Hall–Kier alpha value is -2.17. The Bertz CT molecular complexity index is 825. The minimum Gasteiger partial charge on any atom is -0.462 e. The highest BCUT2D eigenvalue weighted by Gasteiger charge is 2.65. The zero-order valence-electron chi connectivity index (χ0n) is 14.4. The van der Waals surface area contributed by atoms with Crippen LogP contribution in [0, 0.1) is 5.92 Å². The van der Waals surface area contributed by atoms with Gasteiger partial charge in [-0.2, -0.15) is 13.2 Å². The molecule has 5 atom stereocenters. The van der Waals surface area contributed by atoms with E-state index in [2.05, 4.69) is 0 Å². The minimum atomic E-state index is -4.52. The number of rotatable bonds is 5. The number of hydrogen-bond donors (Lipinski definition) is 5. The molecular formula is C19H19F3O6. The van der Waals surface area contributed by atoms with Crippen molar-refractivity contribution in [1.29, 1.82) is 0 Å². The van der Waals surface area contributed by atoms with Gasteiger partial charge in [0.1, 0.15) is 11.9 Å². The van der Waals surface area contributed by atoms with Gasteiger partial charge in [-0.05, 0) is 29.3 Å². The third kappa shape index (κ3) is 3.36. The zero-order valence-corrected chi connectivity index (χ0v) is 14.4. The Balaban J connectivity index is 1.80. The van der Waals surface area contributed by atoms with Crippen LogP contribution in [0.15, 0.2) is 48.5 Å². The van der Waals surface area contributed by atoms with Crippen molar-refractivity contribution in [3.63, 3.8) is 0 Å². The molecule has 1 aliphatic rings. The first kappa shape index (κ1) is 20.6. The molecule has 2 aromatic carbocycles. The van der Waals surface area contributed by atoms with Crippen LogP contribution >= 0.6 is 0 Å². The van der Waals surface area contributed by atoms with Gasteiger partial charge in [0.2, 0.25) is 6.29 Å². The van der Waals surface area contributed by atoms with Gasteiger partial charge in [-0.15, -0.1) is 0 Å². The topological polar surface area (TPSA) is 110 Å². The number of aliphatic hydroxyl groups excluding tert-OH is 4. The molecule has 0 heterocycles. The summed E-state index contributed by atoms with van der Waals surface area (Å²) in [6.07, 6.45) is -9.64. The van der Waals surface area contributed by atoms with Gasteiger partial charge < -0.3 is 30.3 Å². The van der Waals surface area contributed by atoms with E-state index in [4.69, 9.17) is 4.74 Å². The van der Waals surface area contributed by atoms with Gasteiger partial charge in [0.25, 0.3) is 0 Å². The molecule has 1 aliphatic carbocycles. The summed E-state index contributed by atoms with van der Waals surface area (Å²) in [6.45, 7) is -0.692. The summed E-state index contributed by atoms with van der Waals surface area (Å²) in [5.41, 5.74) is -2.84. The van der Waals surface area contributed by atoms with Crippen LogP contribution in [0.5, 0.6) is 5.75 Å². The molecule has 5 unspecified atom stereocenters. The van der Waals surface area contributed by atoms with Crippen molar-refractivity contribution in [2.75, 3.05) is 6.61 Å². The molecule has 0 spiro atoms. The maximum Gasteiger partial charge on any atom is 0.417 e. The fraction of sp³-hybridized carbons (Fsp3) is 0.368. The van der Waals surface area contributed by atoms with E-state index in [1.807, 2.05) is 0 Å². The lowest BCUT2D eigenvalue weighted by molar-refractivity contribution is -0.332. The number of halogens is 3. The smallest absolute Gasteiger partial charge is 0.417 e. The monoisotopic (exact) mass is 400 g/mol. The molecule has 0 radical (unpaired) electrons. The fourth-order valence-corrected chi connectivity index (χ4v) is 3.37. The SMILES string of the molecule is OCC1C(O)C(O)C1(O)C(O)Oc1ccc(-c2ccccc2C(F)(F)F)cc1. The van der Waals surface area contributed by atoms with E-state index in [-0.39, 0.29) is 16.9 Å². The van der Waals surface area contributed by atoms with Gasteiger partial charge >= 0.3 is 6.18 Å². The largest absolute Gasteiger partial charge is 0.462 e. The van der Waals surface area contributed by atoms with Crippen LogP contribution in [-0.2, 0) is 6.18 Å². The molecule has 0 amide bonds. The number of aliphatic hydroxyl groups is 5. The van der Waals surface area contributed by atoms with E-state index < -0.39 is 48.4 Å². The van der Waals surface area contributed by atoms with Gasteiger partial charge in [0, 0.05) is 5.92 Å². The quantitative estimate of drug-likeness (QED) is 0.482. The minimum absolute atomic E-state index is 0.0134. The third-order valence-corrected chi connectivity index (χ3v) is 5.04. The van der Waals surface area contributed by atoms with E-state index in [0.29, 0.717) is 0 Å². The number of ether oxygens (including phenoxy) is 1. The first-order valence-electron chi connectivity index (χ1n) is 8.41. The summed E-state index contributed by atoms with van der Waals surface area (Å²) in [5.74, 6) is -1.20. The Kier molecular flexibility index (Phi) is 5.39. The van der Waals surface area contributed by atoms with Crippen LogP contribution in [0.2, 0.25) is 0 Å². The molecule has 2 aromatic rings. The molecule has 1 fully saturated rings. The number of alkyl halides is 3. The highest BCUT2D eigenvalue weighted by Crippen LogP contribution is 2.42. The predicted octanol–water partition coefficient (Wildman–Crippen LogP) is 1.14. The number of hydrogen-bond acceptors (Lipinski definition) is 6. The highest BCUT2D eigenvalue weighted by atomic mass is 19.4. The molecule has 152 valence electrons. The third-order valence-electron chi connectivity index (χ3n) is 5.04. The van der Waals surface area contributed by atoms with E-state index in [1.165, 1.54) is 42.5 Å². The second-order valence-corrected chi connectivity index (χ2v) is 6.65. The van der Waals surface area contributed by atoms with E-state index in [1.54, 1.807) is 0 Å². The predicted molar refractivity (Wildman–Crippen MR) is 91.1 cm³/mol. The molecule has 5 N–H and O–H groups in total. The second kappa shape index (κ2) is 7.34. The molecule has 0 aromatic heterocycles. The second-order valence-electron chi connectivity index (χ2n) is 6.65. The average molecular weight is 400 g/mol. The average Bonchev–Trinajstić information content (AvgIpc) is 2.67. The lowest BCUT2D eigenvalue weighted by Gasteiger charge is -2.53. The molecule has 9 heteroatoms. The van der Waals surface area contributed by atoms with Crippen molar-refractivity contribution in [2.24, 2.45) is 5.92 Å². The van der Waals surface area contributed by atoms with Crippen LogP contribution in [0.25, 0.3) is 11.1 Å². The summed E-state index contributed by atoms with van der Waals surface area (Å²) in [5, 5.41) is 48.9. The van der Waals surface area contributed by atoms with Crippen LogP contribution in [0.4, 0.5) is 13.2 Å². The van der Waals surface area contributed by atoms with Crippen LogP contribution in [0.1, 0.15) is 5.56 Å².